The van der Waals surface area contributed by atoms with Crippen molar-refractivity contribution in [3.63, 3.8) is 0 Å². The number of hydrogen-bond acceptors (Lipinski definition) is 6. The number of esters is 3. The Bertz CT molecular complexity index is 439. The highest BCUT2D eigenvalue weighted by Crippen LogP contribution is 2.31. The minimum atomic E-state index is -0.817. The molecule has 3 atom stereocenters. The molecule has 0 fully saturated rings. The number of unbranched alkanes of at least 4 members (excludes halogenated alkanes) is 1. The third-order valence-electron chi connectivity index (χ3n) is 3.08. The third kappa shape index (κ3) is 5.21. The van der Waals surface area contributed by atoms with E-state index in [4.69, 9.17) is 14.2 Å². The molecule has 0 spiro atoms. The molecule has 0 saturated carbocycles. The molecular weight excluding hydrogens is 276 g/mol. The summed E-state index contributed by atoms with van der Waals surface area (Å²) in [4.78, 5) is 33.7. The summed E-state index contributed by atoms with van der Waals surface area (Å²) in [5.41, 5.74) is 0.824. The van der Waals surface area contributed by atoms with Gasteiger partial charge in [0.15, 0.2) is 18.3 Å². The SMILES string of the molecule is CCCCC1=C[C@H](OC(C)=O)[C@@H](OC(C)=O)[C@H]1OC(C)=O. The fourth-order valence-electron chi connectivity index (χ4n) is 2.33. The fourth-order valence-corrected chi connectivity index (χ4v) is 2.33. The van der Waals surface area contributed by atoms with Crippen LogP contribution in [-0.2, 0) is 28.6 Å². The smallest absolute Gasteiger partial charge is 0.303 e. The van der Waals surface area contributed by atoms with E-state index in [1.54, 1.807) is 6.08 Å². The minimum Gasteiger partial charge on any atom is -0.454 e. The first kappa shape index (κ1) is 17.2. The predicted octanol–water partition coefficient (Wildman–Crippen LogP) is 1.91. The van der Waals surface area contributed by atoms with Crippen molar-refractivity contribution in [3.05, 3.63) is 11.6 Å². The van der Waals surface area contributed by atoms with Gasteiger partial charge in [-0.3, -0.25) is 14.4 Å². The second-order valence-electron chi connectivity index (χ2n) is 5.02. The van der Waals surface area contributed by atoms with E-state index >= 15 is 0 Å². The van der Waals surface area contributed by atoms with Crippen LogP contribution in [0.1, 0.15) is 47.0 Å². The molecule has 1 aliphatic rings. The zero-order valence-electron chi connectivity index (χ0n) is 12.9. The zero-order chi connectivity index (χ0) is 16.0. The maximum Gasteiger partial charge on any atom is 0.303 e. The molecule has 0 saturated heterocycles. The predicted molar refractivity (Wildman–Crippen MR) is 74.3 cm³/mol. The van der Waals surface area contributed by atoms with Crippen molar-refractivity contribution in [1.29, 1.82) is 0 Å². The summed E-state index contributed by atoms with van der Waals surface area (Å²) in [6.45, 7) is 5.88. The summed E-state index contributed by atoms with van der Waals surface area (Å²) in [5.74, 6) is -1.46. The average Bonchev–Trinajstić information content (AvgIpc) is 2.63. The van der Waals surface area contributed by atoms with Crippen LogP contribution < -0.4 is 0 Å². The third-order valence-corrected chi connectivity index (χ3v) is 3.08. The Hall–Kier alpha value is -1.85. The van der Waals surface area contributed by atoms with Crippen LogP contribution in [0.3, 0.4) is 0 Å². The first-order valence-electron chi connectivity index (χ1n) is 7.07. The first-order chi connectivity index (χ1) is 9.85. The molecule has 6 heteroatoms. The quantitative estimate of drug-likeness (QED) is 0.423. The largest absolute Gasteiger partial charge is 0.454 e. The van der Waals surface area contributed by atoms with Crippen LogP contribution in [0.5, 0.6) is 0 Å². The number of carbonyl (C=O) groups excluding carboxylic acids is 3. The Labute approximate surface area is 124 Å². The molecule has 1 aliphatic carbocycles. The molecule has 0 aromatic rings. The Balaban J connectivity index is 2.97. The van der Waals surface area contributed by atoms with Gasteiger partial charge in [-0.2, -0.15) is 0 Å². The summed E-state index contributed by atoms with van der Waals surface area (Å²) >= 11 is 0. The van der Waals surface area contributed by atoms with Crippen LogP contribution in [0.15, 0.2) is 11.6 Å². The average molecular weight is 298 g/mol. The first-order valence-corrected chi connectivity index (χ1v) is 7.07. The lowest BCUT2D eigenvalue weighted by Crippen LogP contribution is -2.40. The maximum absolute atomic E-state index is 11.3. The van der Waals surface area contributed by atoms with Crippen LogP contribution in [0, 0.1) is 0 Å². The van der Waals surface area contributed by atoms with Crippen LogP contribution >= 0.6 is 0 Å². The van der Waals surface area contributed by atoms with Crippen molar-refractivity contribution in [2.45, 2.75) is 65.3 Å². The molecule has 6 nitrogen and oxygen atoms in total. The van der Waals surface area contributed by atoms with Crippen molar-refractivity contribution in [1.82, 2.24) is 0 Å². The van der Waals surface area contributed by atoms with Gasteiger partial charge in [0.1, 0.15) is 0 Å². The number of carbonyl (C=O) groups is 3. The highest BCUT2D eigenvalue weighted by atomic mass is 16.6. The summed E-state index contributed by atoms with van der Waals surface area (Å²) in [6, 6.07) is 0. The van der Waals surface area contributed by atoms with E-state index in [2.05, 4.69) is 0 Å². The molecule has 0 N–H and O–H groups in total. The van der Waals surface area contributed by atoms with Gasteiger partial charge in [-0.05, 0) is 24.5 Å². The van der Waals surface area contributed by atoms with Gasteiger partial charge >= 0.3 is 17.9 Å². The van der Waals surface area contributed by atoms with Gasteiger partial charge in [-0.25, -0.2) is 0 Å². The second-order valence-corrected chi connectivity index (χ2v) is 5.02. The molecule has 0 aromatic carbocycles. The fraction of sp³-hybridized carbons (Fsp3) is 0.667. The van der Waals surface area contributed by atoms with E-state index in [1.165, 1.54) is 20.8 Å². The molecule has 0 heterocycles. The normalized spacial score (nSPS) is 24.2. The van der Waals surface area contributed by atoms with Gasteiger partial charge in [0.25, 0.3) is 0 Å². The lowest BCUT2D eigenvalue weighted by atomic mass is 10.1. The highest BCUT2D eigenvalue weighted by Gasteiger charge is 2.43. The van der Waals surface area contributed by atoms with E-state index in [9.17, 15) is 14.4 Å². The van der Waals surface area contributed by atoms with Crippen LogP contribution in [0.2, 0.25) is 0 Å². The Kier molecular flexibility index (Phi) is 6.39. The second kappa shape index (κ2) is 7.81. The summed E-state index contributed by atoms with van der Waals surface area (Å²) < 4.78 is 15.6. The lowest BCUT2D eigenvalue weighted by molar-refractivity contribution is -0.173. The molecule has 21 heavy (non-hydrogen) atoms. The van der Waals surface area contributed by atoms with Crippen molar-refractivity contribution in [2.24, 2.45) is 0 Å². The monoisotopic (exact) mass is 298 g/mol. The van der Waals surface area contributed by atoms with Crippen molar-refractivity contribution in [2.75, 3.05) is 0 Å². The highest BCUT2D eigenvalue weighted by molar-refractivity contribution is 5.69. The molecular formula is C15H22O6. The van der Waals surface area contributed by atoms with Gasteiger partial charge in [0.05, 0.1) is 0 Å². The number of hydrogen-bond donors (Lipinski definition) is 0. The van der Waals surface area contributed by atoms with Gasteiger partial charge in [0.2, 0.25) is 0 Å². The molecule has 0 aliphatic heterocycles. The van der Waals surface area contributed by atoms with E-state index < -0.39 is 36.2 Å². The van der Waals surface area contributed by atoms with E-state index in [1.807, 2.05) is 6.92 Å². The van der Waals surface area contributed by atoms with Gasteiger partial charge < -0.3 is 14.2 Å². The molecule has 0 bridgehead atoms. The molecule has 0 aromatic heterocycles. The van der Waals surface area contributed by atoms with Gasteiger partial charge in [-0.1, -0.05) is 13.3 Å². The zero-order valence-corrected chi connectivity index (χ0v) is 12.9. The lowest BCUT2D eigenvalue weighted by Gasteiger charge is -2.25. The van der Waals surface area contributed by atoms with Gasteiger partial charge in [0, 0.05) is 20.8 Å². The summed E-state index contributed by atoms with van der Waals surface area (Å²) in [6.07, 6.45) is 2.07. The van der Waals surface area contributed by atoms with E-state index in [-0.39, 0.29) is 0 Å². The summed E-state index contributed by atoms with van der Waals surface area (Å²) in [7, 11) is 0. The summed E-state index contributed by atoms with van der Waals surface area (Å²) in [5, 5.41) is 0. The molecule has 0 unspecified atom stereocenters. The molecule has 1 rings (SSSR count). The van der Waals surface area contributed by atoms with Crippen molar-refractivity contribution >= 4 is 17.9 Å². The topological polar surface area (TPSA) is 78.9 Å². The van der Waals surface area contributed by atoms with Crippen LogP contribution in [-0.4, -0.2) is 36.2 Å². The standard InChI is InChI=1S/C15H22O6/c1-5-6-7-12-8-13(19-9(2)16)15(21-11(4)18)14(12)20-10(3)17/h8,13-15H,5-7H2,1-4H3/t13-,14-,15+/m0/s1. The minimum absolute atomic E-state index is 0.469. The van der Waals surface area contributed by atoms with Crippen LogP contribution in [0.4, 0.5) is 0 Å². The Morgan fingerprint density at radius 1 is 1.00 bits per heavy atom. The Morgan fingerprint density at radius 2 is 1.57 bits per heavy atom. The molecule has 0 amide bonds. The molecule has 0 radical (unpaired) electrons. The number of ether oxygens (including phenoxy) is 3. The van der Waals surface area contributed by atoms with E-state index in [0.29, 0.717) is 6.42 Å². The van der Waals surface area contributed by atoms with Gasteiger partial charge in [-0.15, -0.1) is 0 Å². The van der Waals surface area contributed by atoms with Crippen molar-refractivity contribution < 1.29 is 28.6 Å². The molecule has 118 valence electrons. The van der Waals surface area contributed by atoms with Crippen molar-refractivity contribution in [3.8, 4) is 0 Å². The maximum atomic E-state index is 11.3. The number of rotatable bonds is 6. The van der Waals surface area contributed by atoms with E-state index in [0.717, 1.165) is 18.4 Å². The Morgan fingerprint density at radius 3 is 2.05 bits per heavy atom. The van der Waals surface area contributed by atoms with Crippen LogP contribution in [0.25, 0.3) is 0 Å².